The fourth-order valence-electron chi connectivity index (χ4n) is 2.81. The molecule has 1 atom stereocenters. The van der Waals surface area contributed by atoms with Crippen LogP contribution in [0.4, 0.5) is 5.69 Å². The summed E-state index contributed by atoms with van der Waals surface area (Å²) in [4.78, 5) is 12.4. The number of hydrogen-bond donors (Lipinski definition) is 1. The molecule has 0 radical (unpaired) electrons. The highest BCUT2D eigenvalue weighted by Gasteiger charge is 2.28. The highest BCUT2D eigenvalue weighted by Crippen LogP contribution is 2.38. The molecule has 2 aromatic carbocycles. The fraction of sp³-hybridized carbons (Fsp3) is 0.278. The van der Waals surface area contributed by atoms with Gasteiger partial charge in [-0.15, -0.1) is 0 Å². The summed E-state index contributed by atoms with van der Waals surface area (Å²) in [5.74, 6) is 1.14. The molecule has 1 amide bonds. The molecule has 4 heteroatoms. The first kappa shape index (κ1) is 14.4. The lowest BCUT2D eigenvalue weighted by Gasteiger charge is -2.26. The van der Waals surface area contributed by atoms with Crippen LogP contribution in [0.15, 0.2) is 36.4 Å². The van der Waals surface area contributed by atoms with Gasteiger partial charge in [0.2, 0.25) is 5.91 Å². The van der Waals surface area contributed by atoms with Crippen LogP contribution in [0.1, 0.15) is 22.6 Å². The van der Waals surface area contributed by atoms with Gasteiger partial charge in [0.25, 0.3) is 0 Å². The van der Waals surface area contributed by atoms with Crippen molar-refractivity contribution in [3.63, 3.8) is 0 Å². The van der Waals surface area contributed by atoms with Crippen molar-refractivity contribution < 1.29 is 14.3 Å². The molecular weight excluding hydrogens is 278 g/mol. The van der Waals surface area contributed by atoms with Crippen molar-refractivity contribution in [1.29, 1.82) is 0 Å². The molecule has 0 aromatic heterocycles. The van der Waals surface area contributed by atoms with Crippen molar-refractivity contribution in [3.8, 4) is 11.5 Å². The van der Waals surface area contributed by atoms with Gasteiger partial charge >= 0.3 is 0 Å². The molecule has 1 heterocycles. The number of nitrogens with one attached hydrogen (secondary N) is 1. The Kier molecular flexibility index (Phi) is 3.75. The predicted molar refractivity (Wildman–Crippen MR) is 85.8 cm³/mol. The summed E-state index contributed by atoms with van der Waals surface area (Å²) in [6.45, 7) is 2.04. The number of hydrogen-bond acceptors (Lipinski definition) is 3. The summed E-state index contributed by atoms with van der Waals surface area (Å²) in [6, 6.07) is 11.9. The Morgan fingerprint density at radius 1 is 1.05 bits per heavy atom. The van der Waals surface area contributed by atoms with Crippen LogP contribution in [0.2, 0.25) is 0 Å². The quantitative estimate of drug-likeness (QED) is 0.945. The van der Waals surface area contributed by atoms with Crippen molar-refractivity contribution in [2.24, 2.45) is 0 Å². The van der Waals surface area contributed by atoms with Crippen molar-refractivity contribution >= 4 is 11.6 Å². The molecule has 0 bridgehead atoms. The molecule has 0 saturated heterocycles. The van der Waals surface area contributed by atoms with E-state index in [-0.39, 0.29) is 11.8 Å². The number of carbonyl (C=O) groups excluding carboxylic acids is 1. The first-order valence-electron chi connectivity index (χ1n) is 7.24. The second-order valence-electron chi connectivity index (χ2n) is 5.52. The third kappa shape index (κ3) is 2.52. The second-order valence-corrected chi connectivity index (χ2v) is 5.52. The number of amides is 1. The average Bonchev–Trinajstić information content (AvgIpc) is 2.54. The zero-order valence-corrected chi connectivity index (χ0v) is 13.0. The lowest BCUT2D eigenvalue weighted by atomic mass is 9.87. The molecule has 1 N–H and O–H groups in total. The monoisotopic (exact) mass is 297 g/mol. The number of methoxy groups -OCH3 is 2. The van der Waals surface area contributed by atoms with Gasteiger partial charge in [-0.25, -0.2) is 0 Å². The number of anilines is 1. The van der Waals surface area contributed by atoms with Crippen molar-refractivity contribution in [2.75, 3.05) is 19.5 Å². The molecule has 0 fully saturated rings. The van der Waals surface area contributed by atoms with Gasteiger partial charge in [0.1, 0.15) is 0 Å². The minimum Gasteiger partial charge on any atom is -0.493 e. The maximum Gasteiger partial charge on any atom is 0.232 e. The normalized spacial score (nSPS) is 16.7. The van der Waals surface area contributed by atoms with E-state index in [1.807, 2.05) is 43.3 Å². The molecule has 0 aliphatic carbocycles. The van der Waals surface area contributed by atoms with Gasteiger partial charge in [-0.3, -0.25) is 4.79 Å². The van der Waals surface area contributed by atoms with Crippen molar-refractivity contribution in [1.82, 2.24) is 0 Å². The van der Waals surface area contributed by atoms with Gasteiger partial charge in [0.05, 0.1) is 20.1 Å². The van der Waals surface area contributed by atoms with Gasteiger partial charge in [-0.05, 0) is 30.5 Å². The number of benzene rings is 2. The number of carbonyl (C=O) groups is 1. The molecule has 3 rings (SSSR count). The van der Waals surface area contributed by atoms with Crippen LogP contribution in [-0.2, 0) is 11.2 Å². The van der Waals surface area contributed by atoms with Gasteiger partial charge in [0, 0.05) is 11.8 Å². The number of rotatable bonds is 3. The van der Waals surface area contributed by atoms with E-state index in [2.05, 4.69) is 5.32 Å². The summed E-state index contributed by atoms with van der Waals surface area (Å²) in [6.07, 6.45) is 0.657. The molecule has 0 spiro atoms. The lowest BCUT2D eigenvalue weighted by molar-refractivity contribution is -0.117. The SMILES string of the molecule is COc1cc2c(cc1OC)NC(=O)C(c1ccc(C)cc1)C2. The Morgan fingerprint density at radius 3 is 2.32 bits per heavy atom. The molecular formula is C18H19NO3. The Labute approximate surface area is 130 Å². The third-order valence-electron chi connectivity index (χ3n) is 4.09. The van der Waals surface area contributed by atoms with E-state index in [4.69, 9.17) is 9.47 Å². The van der Waals surface area contributed by atoms with E-state index in [0.717, 1.165) is 16.8 Å². The average molecular weight is 297 g/mol. The third-order valence-corrected chi connectivity index (χ3v) is 4.09. The summed E-state index contributed by atoms with van der Waals surface area (Å²) in [5, 5.41) is 2.97. The van der Waals surface area contributed by atoms with Crippen LogP contribution in [0, 0.1) is 6.92 Å². The van der Waals surface area contributed by atoms with E-state index in [0.29, 0.717) is 17.9 Å². The summed E-state index contributed by atoms with van der Waals surface area (Å²) in [7, 11) is 3.20. The van der Waals surface area contributed by atoms with Crippen LogP contribution in [0.5, 0.6) is 11.5 Å². The molecule has 114 valence electrons. The lowest BCUT2D eigenvalue weighted by Crippen LogP contribution is -2.28. The summed E-state index contributed by atoms with van der Waals surface area (Å²) in [5.41, 5.74) is 4.07. The van der Waals surface area contributed by atoms with Gasteiger partial charge in [-0.1, -0.05) is 29.8 Å². The Balaban J connectivity index is 1.97. The molecule has 2 aromatic rings. The predicted octanol–water partition coefficient (Wildman–Crippen LogP) is 3.29. The molecule has 1 aliphatic heterocycles. The summed E-state index contributed by atoms with van der Waals surface area (Å²) >= 11 is 0. The molecule has 22 heavy (non-hydrogen) atoms. The van der Waals surface area contributed by atoms with Crippen LogP contribution in [0.3, 0.4) is 0 Å². The number of aryl methyl sites for hydroxylation is 1. The fourth-order valence-corrected chi connectivity index (χ4v) is 2.81. The Hall–Kier alpha value is -2.49. The molecule has 4 nitrogen and oxygen atoms in total. The first-order chi connectivity index (χ1) is 10.6. The minimum atomic E-state index is -0.175. The summed E-state index contributed by atoms with van der Waals surface area (Å²) < 4.78 is 10.6. The maximum absolute atomic E-state index is 12.4. The van der Waals surface area contributed by atoms with Gasteiger partial charge < -0.3 is 14.8 Å². The van der Waals surface area contributed by atoms with Crippen LogP contribution < -0.4 is 14.8 Å². The van der Waals surface area contributed by atoms with E-state index in [1.165, 1.54) is 5.56 Å². The van der Waals surface area contributed by atoms with E-state index < -0.39 is 0 Å². The zero-order valence-electron chi connectivity index (χ0n) is 13.0. The van der Waals surface area contributed by atoms with Crippen LogP contribution in [0.25, 0.3) is 0 Å². The Morgan fingerprint density at radius 2 is 1.68 bits per heavy atom. The van der Waals surface area contributed by atoms with E-state index >= 15 is 0 Å². The molecule has 1 unspecified atom stereocenters. The van der Waals surface area contributed by atoms with Gasteiger partial charge in [0.15, 0.2) is 11.5 Å². The Bertz CT molecular complexity index is 707. The minimum absolute atomic E-state index is 0.0172. The number of ether oxygens (including phenoxy) is 2. The first-order valence-corrected chi connectivity index (χ1v) is 7.24. The van der Waals surface area contributed by atoms with Crippen molar-refractivity contribution in [3.05, 3.63) is 53.1 Å². The zero-order chi connectivity index (χ0) is 15.7. The van der Waals surface area contributed by atoms with E-state index in [1.54, 1.807) is 14.2 Å². The van der Waals surface area contributed by atoms with Crippen LogP contribution >= 0.6 is 0 Å². The maximum atomic E-state index is 12.4. The highest BCUT2D eigenvalue weighted by molar-refractivity contribution is 5.99. The molecule has 0 saturated carbocycles. The standard InChI is InChI=1S/C18H19NO3/c1-11-4-6-12(7-5-11)14-8-13-9-16(21-2)17(22-3)10-15(13)19-18(14)20/h4-7,9-10,14H,8H2,1-3H3,(H,19,20). The van der Waals surface area contributed by atoms with Crippen LogP contribution in [-0.4, -0.2) is 20.1 Å². The highest BCUT2D eigenvalue weighted by atomic mass is 16.5. The topological polar surface area (TPSA) is 47.6 Å². The number of fused-ring (bicyclic) bond motifs is 1. The van der Waals surface area contributed by atoms with Gasteiger partial charge in [-0.2, -0.15) is 0 Å². The van der Waals surface area contributed by atoms with Crippen molar-refractivity contribution in [2.45, 2.75) is 19.3 Å². The second kappa shape index (κ2) is 5.72. The van der Waals surface area contributed by atoms with E-state index in [9.17, 15) is 4.79 Å². The largest absolute Gasteiger partial charge is 0.493 e. The molecule has 1 aliphatic rings. The smallest absolute Gasteiger partial charge is 0.232 e.